The van der Waals surface area contributed by atoms with Crippen molar-refractivity contribution in [2.45, 2.75) is 168 Å². The molecule has 3 nitrogen and oxygen atoms in total. The fraction of sp³-hybridized carbons (Fsp3) is 0.967. The molecule has 0 N–H and O–H groups in total. The summed E-state index contributed by atoms with van der Waals surface area (Å²) < 4.78 is 5.64. The number of nitrogens with zero attached hydrogens (tertiary/aromatic N) is 1. The van der Waals surface area contributed by atoms with Gasteiger partial charge in [-0.15, -0.1) is 0 Å². The van der Waals surface area contributed by atoms with Crippen LogP contribution in [-0.4, -0.2) is 30.7 Å². The Morgan fingerprint density at radius 1 is 0.455 bits per heavy atom. The minimum Gasteiger partial charge on any atom is -0.449 e. The molecule has 0 aliphatic heterocycles. The lowest BCUT2D eigenvalue weighted by Crippen LogP contribution is -2.33. The van der Waals surface area contributed by atoms with Crippen LogP contribution >= 0.6 is 0 Å². The van der Waals surface area contributed by atoms with Gasteiger partial charge in [0.15, 0.2) is 0 Å². The summed E-state index contributed by atoms with van der Waals surface area (Å²) in [7, 11) is 0. The Labute approximate surface area is 208 Å². The van der Waals surface area contributed by atoms with E-state index in [1.165, 1.54) is 128 Å². The lowest BCUT2D eigenvalue weighted by molar-refractivity contribution is 0.0989. The first kappa shape index (κ1) is 32.3. The molecular formula is C30H61NO2. The maximum atomic E-state index is 12.7. The van der Waals surface area contributed by atoms with Crippen LogP contribution in [0, 0.1) is 0 Å². The van der Waals surface area contributed by atoms with Gasteiger partial charge >= 0.3 is 6.09 Å². The molecule has 33 heavy (non-hydrogen) atoms. The van der Waals surface area contributed by atoms with Crippen molar-refractivity contribution in [3.8, 4) is 0 Å². The fourth-order valence-electron chi connectivity index (χ4n) is 4.48. The number of amides is 1. The van der Waals surface area contributed by atoms with Crippen molar-refractivity contribution in [2.75, 3.05) is 19.7 Å². The van der Waals surface area contributed by atoms with Crippen molar-refractivity contribution in [1.82, 2.24) is 4.90 Å². The number of unbranched alkanes of at least 4 members (excludes halogenated alkanes) is 20. The monoisotopic (exact) mass is 467 g/mol. The first-order chi connectivity index (χ1) is 16.3. The van der Waals surface area contributed by atoms with Gasteiger partial charge in [-0.1, -0.05) is 149 Å². The van der Waals surface area contributed by atoms with E-state index in [9.17, 15) is 4.79 Å². The van der Waals surface area contributed by atoms with Crippen LogP contribution < -0.4 is 0 Å². The third-order valence-corrected chi connectivity index (χ3v) is 6.79. The van der Waals surface area contributed by atoms with E-state index in [0.717, 1.165) is 32.4 Å². The second-order valence-electron chi connectivity index (χ2n) is 10.2. The van der Waals surface area contributed by atoms with E-state index < -0.39 is 0 Å². The summed E-state index contributed by atoms with van der Waals surface area (Å²) in [4.78, 5) is 14.7. The summed E-state index contributed by atoms with van der Waals surface area (Å²) in [5.41, 5.74) is 0. The average Bonchev–Trinajstić information content (AvgIpc) is 2.82. The van der Waals surface area contributed by atoms with Crippen LogP contribution in [0.4, 0.5) is 4.79 Å². The summed E-state index contributed by atoms with van der Waals surface area (Å²) in [5, 5.41) is 0. The van der Waals surface area contributed by atoms with Gasteiger partial charge in [0.1, 0.15) is 0 Å². The molecule has 0 bridgehead atoms. The molecule has 0 unspecified atom stereocenters. The molecule has 1 amide bonds. The molecule has 0 saturated heterocycles. The Morgan fingerprint density at radius 3 is 1.12 bits per heavy atom. The van der Waals surface area contributed by atoms with Crippen LogP contribution in [0.15, 0.2) is 0 Å². The number of ether oxygens (including phenoxy) is 1. The van der Waals surface area contributed by atoms with Crippen molar-refractivity contribution < 1.29 is 9.53 Å². The molecule has 0 atom stereocenters. The smallest absolute Gasteiger partial charge is 0.409 e. The van der Waals surface area contributed by atoms with Crippen molar-refractivity contribution in [3.63, 3.8) is 0 Å². The SMILES string of the molecule is CCCCCCCCCCCN(CCCCCCCCCCC)C(=O)OCCCCCCC. The van der Waals surface area contributed by atoms with E-state index in [1.54, 1.807) is 0 Å². The van der Waals surface area contributed by atoms with Gasteiger partial charge in [0.05, 0.1) is 6.61 Å². The van der Waals surface area contributed by atoms with E-state index >= 15 is 0 Å². The average molecular weight is 468 g/mol. The molecule has 0 rings (SSSR count). The normalized spacial score (nSPS) is 11.1. The fourth-order valence-corrected chi connectivity index (χ4v) is 4.48. The molecule has 0 aromatic heterocycles. The van der Waals surface area contributed by atoms with Gasteiger partial charge in [-0.3, -0.25) is 0 Å². The van der Waals surface area contributed by atoms with Gasteiger partial charge in [-0.25, -0.2) is 4.79 Å². The third kappa shape index (κ3) is 24.2. The topological polar surface area (TPSA) is 29.5 Å². The first-order valence-electron chi connectivity index (χ1n) is 15.2. The zero-order chi connectivity index (χ0) is 24.2. The van der Waals surface area contributed by atoms with Crippen LogP contribution in [0.2, 0.25) is 0 Å². The number of hydrogen-bond acceptors (Lipinski definition) is 2. The first-order valence-corrected chi connectivity index (χ1v) is 15.2. The molecule has 0 heterocycles. The second-order valence-corrected chi connectivity index (χ2v) is 10.2. The standard InChI is InChI=1S/C30H61NO2/c1-4-7-10-13-15-17-19-21-24-27-31(30(32)33-29-26-23-12-9-6-3)28-25-22-20-18-16-14-11-8-5-2/h4-29H2,1-3H3. The second kappa shape index (κ2) is 27.5. The van der Waals surface area contributed by atoms with E-state index in [1.807, 2.05) is 4.90 Å². The number of hydrogen-bond donors (Lipinski definition) is 0. The Morgan fingerprint density at radius 2 is 0.758 bits per heavy atom. The van der Waals surface area contributed by atoms with Gasteiger partial charge in [0, 0.05) is 13.1 Å². The predicted molar refractivity (Wildman–Crippen MR) is 146 cm³/mol. The zero-order valence-corrected chi connectivity index (χ0v) is 23.1. The molecule has 198 valence electrons. The Kier molecular flexibility index (Phi) is 26.9. The maximum Gasteiger partial charge on any atom is 0.409 e. The lowest BCUT2D eigenvalue weighted by atomic mass is 10.1. The summed E-state index contributed by atoms with van der Waals surface area (Å²) in [6.45, 7) is 9.13. The van der Waals surface area contributed by atoms with E-state index in [-0.39, 0.29) is 6.09 Å². The van der Waals surface area contributed by atoms with E-state index in [2.05, 4.69) is 20.8 Å². The van der Waals surface area contributed by atoms with Crippen LogP contribution in [0.3, 0.4) is 0 Å². The molecule has 0 radical (unpaired) electrons. The Balaban J connectivity index is 4.02. The van der Waals surface area contributed by atoms with Gasteiger partial charge in [0.2, 0.25) is 0 Å². The maximum absolute atomic E-state index is 12.7. The molecule has 0 saturated carbocycles. The van der Waals surface area contributed by atoms with E-state index in [4.69, 9.17) is 4.74 Å². The van der Waals surface area contributed by atoms with Crippen LogP contribution in [0.5, 0.6) is 0 Å². The van der Waals surface area contributed by atoms with Crippen LogP contribution in [0.25, 0.3) is 0 Å². The quantitative estimate of drug-likeness (QED) is 0.118. The zero-order valence-electron chi connectivity index (χ0n) is 23.1. The highest BCUT2D eigenvalue weighted by Crippen LogP contribution is 2.13. The molecule has 0 aromatic rings. The molecule has 0 fully saturated rings. The Bertz CT molecular complexity index is 363. The summed E-state index contributed by atoms with van der Waals surface area (Å²) in [6, 6.07) is 0. The van der Waals surface area contributed by atoms with Crippen molar-refractivity contribution in [2.24, 2.45) is 0 Å². The van der Waals surface area contributed by atoms with Gasteiger partial charge in [-0.05, 0) is 19.3 Å². The Hall–Kier alpha value is -0.730. The molecule has 3 heteroatoms. The number of carbonyl (C=O) groups excluding carboxylic acids is 1. The van der Waals surface area contributed by atoms with Crippen molar-refractivity contribution in [3.05, 3.63) is 0 Å². The lowest BCUT2D eigenvalue weighted by Gasteiger charge is -2.22. The molecule has 0 spiro atoms. The summed E-state index contributed by atoms with van der Waals surface area (Å²) in [6.07, 6.45) is 29.7. The van der Waals surface area contributed by atoms with Gasteiger partial charge in [-0.2, -0.15) is 0 Å². The number of carbonyl (C=O) groups is 1. The van der Waals surface area contributed by atoms with Crippen molar-refractivity contribution in [1.29, 1.82) is 0 Å². The highest BCUT2D eigenvalue weighted by atomic mass is 16.6. The molecule has 0 aliphatic rings. The van der Waals surface area contributed by atoms with Gasteiger partial charge < -0.3 is 9.64 Å². The minimum absolute atomic E-state index is 0.0652. The van der Waals surface area contributed by atoms with Gasteiger partial charge in [0.25, 0.3) is 0 Å². The van der Waals surface area contributed by atoms with Crippen LogP contribution in [-0.2, 0) is 4.74 Å². The molecule has 0 aromatic carbocycles. The summed E-state index contributed by atoms with van der Waals surface area (Å²) in [5.74, 6) is 0. The molecule has 0 aliphatic carbocycles. The highest BCUT2D eigenvalue weighted by molar-refractivity contribution is 5.67. The van der Waals surface area contributed by atoms with E-state index in [0.29, 0.717) is 6.61 Å². The predicted octanol–water partition coefficient (Wildman–Crippen LogP) is 10.5. The van der Waals surface area contributed by atoms with Crippen molar-refractivity contribution >= 4 is 6.09 Å². The van der Waals surface area contributed by atoms with Crippen LogP contribution in [0.1, 0.15) is 168 Å². The number of rotatable bonds is 26. The summed E-state index contributed by atoms with van der Waals surface area (Å²) >= 11 is 0. The largest absolute Gasteiger partial charge is 0.449 e. The minimum atomic E-state index is -0.0652. The third-order valence-electron chi connectivity index (χ3n) is 6.79. The highest BCUT2D eigenvalue weighted by Gasteiger charge is 2.14. The molecular weight excluding hydrogens is 406 g/mol.